The van der Waals surface area contributed by atoms with E-state index < -0.39 is 11.7 Å². The Hall–Kier alpha value is -2.97. The number of benzene rings is 1. The minimum Gasteiger partial charge on any atom is -0.347 e. The van der Waals surface area contributed by atoms with Crippen molar-refractivity contribution in [2.75, 3.05) is 43.0 Å². The molecule has 2 aliphatic rings. The first-order valence-corrected chi connectivity index (χ1v) is 9.01. The molecule has 0 spiro atoms. The van der Waals surface area contributed by atoms with Gasteiger partial charge >= 0.3 is 12.2 Å². The molecule has 3 heterocycles. The van der Waals surface area contributed by atoms with Crippen molar-refractivity contribution in [3.63, 3.8) is 0 Å². The lowest BCUT2D eigenvalue weighted by Crippen LogP contribution is -2.61. The monoisotopic (exact) mass is 391 g/mol. The van der Waals surface area contributed by atoms with E-state index in [4.69, 9.17) is 0 Å². The molecule has 1 aromatic carbocycles. The molecule has 4 rings (SSSR count). The van der Waals surface area contributed by atoms with Gasteiger partial charge in [0.1, 0.15) is 0 Å². The Bertz CT molecular complexity index is 871. The summed E-state index contributed by atoms with van der Waals surface area (Å²) in [7, 11) is 1.60. The molecule has 1 N–H and O–H groups in total. The quantitative estimate of drug-likeness (QED) is 0.812. The number of fused-ring (bicyclic) bond motifs is 3. The van der Waals surface area contributed by atoms with Gasteiger partial charge in [0, 0.05) is 45.1 Å². The van der Waals surface area contributed by atoms with Crippen molar-refractivity contribution in [3.8, 4) is 0 Å². The number of nitrogens with one attached hydrogen (secondary N) is 1. The van der Waals surface area contributed by atoms with E-state index in [9.17, 15) is 18.0 Å². The lowest BCUT2D eigenvalue weighted by Gasteiger charge is -2.48. The van der Waals surface area contributed by atoms with Crippen LogP contribution in [0, 0.1) is 0 Å². The molecule has 2 amide bonds. The van der Waals surface area contributed by atoms with Gasteiger partial charge in [-0.15, -0.1) is 0 Å². The van der Waals surface area contributed by atoms with Crippen LogP contribution in [-0.2, 0) is 6.18 Å². The average molecular weight is 391 g/mol. The molecule has 2 aromatic rings. The number of carbonyl (C=O) groups is 1. The zero-order valence-corrected chi connectivity index (χ0v) is 15.3. The normalized spacial score (nSPS) is 19.1. The Balaban J connectivity index is 1.67. The second-order valence-electron chi connectivity index (χ2n) is 6.85. The molecule has 1 saturated heterocycles. The molecule has 2 aliphatic heterocycles. The third-order valence-corrected chi connectivity index (χ3v) is 5.21. The first-order chi connectivity index (χ1) is 13.4. The van der Waals surface area contributed by atoms with E-state index in [1.165, 1.54) is 12.1 Å². The maximum absolute atomic E-state index is 12.9. The number of pyridine rings is 1. The van der Waals surface area contributed by atoms with Gasteiger partial charge in [0.2, 0.25) is 0 Å². The van der Waals surface area contributed by atoms with Crippen molar-refractivity contribution in [2.24, 2.45) is 0 Å². The minimum absolute atomic E-state index is 0.00394. The Morgan fingerprint density at radius 1 is 1.14 bits per heavy atom. The predicted octanol–water partition coefficient (Wildman–Crippen LogP) is 3.08. The molecule has 148 valence electrons. The number of rotatable bonds is 1. The lowest BCUT2D eigenvalue weighted by atomic mass is 10.1. The van der Waals surface area contributed by atoms with Crippen LogP contribution in [0.4, 0.5) is 35.2 Å². The first-order valence-electron chi connectivity index (χ1n) is 9.01. The van der Waals surface area contributed by atoms with Gasteiger partial charge in [0.15, 0.2) is 5.82 Å². The molecular formula is C19H20F3N5O. The molecule has 0 radical (unpaired) electrons. The van der Waals surface area contributed by atoms with Crippen LogP contribution < -0.4 is 15.1 Å². The van der Waals surface area contributed by atoms with Gasteiger partial charge in [-0.2, -0.15) is 13.2 Å². The fraction of sp³-hybridized carbons (Fsp3) is 0.368. The molecule has 9 heteroatoms. The summed E-state index contributed by atoms with van der Waals surface area (Å²) in [6, 6.07) is 8.75. The van der Waals surface area contributed by atoms with E-state index in [1.807, 2.05) is 17.0 Å². The van der Waals surface area contributed by atoms with Gasteiger partial charge in [-0.05, 0) is 36.4 Å². The van der Waals surface area contributed by atoms with E-state index in [2.05, 4.69) is 15.2 Å². The number of aromatic nitrogens is 1. The summed E-state index contributed by atoms with van der Waals surface area (Å²) in [6.45, 7) is 2.32. The Morgan fingerprint density at radius 2 is 1.89 bits per heavy atom. The maximum Gasteiger partial charge on any atom is 0.416 e. The summed E-state index contributed by atoms with van der Waals surface area (Å²) >= 11 is 0. The van der Waals surface area contributed by atoms with Crippen molar-refractivity contribution in [3.05, 3.63) is 48.2 Å². The van der Waals surface area contributed by atoms with Crippen molar-refractivity contribution in [1.29, 1.82) is 0 Å². The summed E-state index contributed by atoms with van der Waals surface area (Å²) in [6.07, 6.45) is -2.66. The predicted molar refractivity (Wildman–Crippen MR) is 99.8 cm³/mol. The van der Waals surface area contributed by atoms with Gasteiger partial charge in [0.05, 0.1) is 17.3 Å². The second kappa shape index (κ2) is 6.88. The zero-order valence-electron chi connectivity index (χ0n) is 15.3. The van der Waals surface area contributed by atoms with Crippen LogP contribution in [0.2, 0.25) is 0 Å². The highest BCUT2D eigenvalue weighted by atomic mass is 19.4. The standard InChI is InChI=1S/C19H20F3N5O/c1-23-18(28)25-9-10-26-15(11-25)12-27(16-3-2-8-24-17(16)26)14-6-4-13(5-7-14)19(20,21)22/h2-8,15H,9-12H2,1H3,(H,23,28)/t15-/m0/s1. The van der Waals surface area contributed by atoms with E-state index in [-0.39, 0.29) is 12.1 Å². The highest BCUT2D eigenvalue weighted by Gasteiger charge is 2.37. The third kappa shape index (κ3) is 3.21. The topological polar surface area (TPSA) is 51.7 Å². The van der Waals surface area contributed by atoms with E-state index >= 15 is 0 Å². The van der Waals surface area contributed by atoms with E-state index in [0.29, 0.717) is 31.9 Å². The third-order valence-electron chi connectivity index (χ3n) is 5.21. The fourth-order valence-corrected chi connectivity index (χ4v) is 3.84. The van der Waals surface area contributed by atoms with Crippen LogP contribution in [0.25, 0.3) is 0 Å². The van der Waals surface area contributed by atoms with Crippen LogP contribution in [0.15, 0.2) is 42.6 Å². The number of hydrogen-bond donors (Lipinski definition) is 1. The summed E-state index contributed by atoms with van der Waals surface area (Å²) < 4.78 is 38.7. The number of anilines is 3. The number of piperazine rings is 1. The molecule has 1 aromatic heterocycles. The first kappa shape index (κ1) is 18.4. The van der Waals surface area contributed by atoms with Gasteiger partial charge < -0.3 is 20.0 Å². The molecule has 0 unspecified atom stereocenters. The number of alkyl halides is 3. The molecule has 1 fully saturated rings. The van der Waals surface area contributed by atoms with Crippen LogP contribution in [0.5, 0.6) is 0 Å². The number of carbonyl (C=O) groups excluding carboxylic acids is 1. The molecule has 0 saturated carbocycles. The van der Waals surface area contributed by atoms with Gasteiger partial charge in [0.25, 0.3) is 0 Å². The van der Waals surface area contributed by atoms with Crippen LogP contribution in [0.1, 0.15) is 5.56 Å². The molecular weight excluding hydrogens is 371 g/mol. The largest absolute Gasteiger partial charge is 0.416 e. The van der Waals surface area contributed by atoms with Crippen LogP contribution in [0.3, 0.4) is 0 Å². The number of urea groups is 1. The average Bonchev–Trinajstić information content (AvgIpc) is 2.71. The summed E-state index contributed by atoms with van der Waals surface area (Å²) in [4.78, 5) is 22.4. The molecule has 0 bridgehead atoms. The lowest BCUT2D eigenvalue weighted by molar-refractivity contribution is -0.137. The maximum atomic E-state index is 12.9. The SMILES string of the molecule is CNC(=O)N1CCN2c3ncccc3N(c3ccc(C(F)(F)F)cc3)C[C@@H]2C1. The number of halogens is 3. The smallest absolute Gasteiger partial charge is 0.347 e. The van der Waals surface area contributed by atoms with E-state index in [0.717, 1.165) is 23.6 Å². The Labute approximate surface area is 160 Å². The Morgan fingerprint density at radius 3 is 2.57 bits per heavy atom. The second-order valence-corrected chi connectivity index (χ2v) is 6.85. The summed E-state index contributed by atoms with van der Waals surface area (Å²) in [5.41, 5.74) is 0.843. The number of amides is 2. The molecule has 28 heavy (non-hydrogen) atoms. The van der Waals surface area contributed by atoms with Crippen LogP contribution in [-0.4, -0.2) is 55.2 Å². The molecule has 6 nitrogen and oxygen atoms in total. The Kier molecular flexibility index (Phi) is 4.52. The van der Waals surface area contributed by atoms with Crippen molar-refractivity contribution < 1.29 is 18.0 Å². The molecule has 0 aliphatic carbocycles. The minimum atomic E-state index is -4.37. The van der Waals surface area contributed by atoms with Crippen molar-refractivity contribution in [2.45, 2.75) is 12.2 Å². The van der Waals surface area contributed by atoms with Crippen molar-refractivity contribution in [1.82, 2.24) is 15.2 Å². The van der Waals surface area contributed by atoms with Gasteiger partial charge in [-0.3, -0.25) is 0 Å². The summed E-state index contributed by atoms with van der Waals surface area (Å²) in [5, 5.41) is 2.65. The highest BCUT2D eigenvalue weighted by molar-refractivity contribution is 5.79. The fourth-order valence-electron chi connectivity index (χ4n) is 3.84. The van der Waals surface area contributed by atoms with Crippen LogP contribution >= 0.6 is 0 Å². The van der Waals surface area contributed by atoms with Crippen molar-refractivity contribution >= 4 is 23.2 Å². The number of hydrogen-bond acceptors (Lipinski definition) is 4. The van der Waals surface area contributed by atoms with E-state index in [1.54, 1.807) is 18.1 Å². The zero-order chi connectivity index (χ0) is 19.9. The molecule has 1 atom stereocenters. The highest BCUT2D eigenvalue weighted by Crippen LogP contribution is 2.40. The van der Waals surface area contributed by atoms with Gasteiger partial charge in [-0.1, -0.05) is 0 Å². The number of nitrogens with zero attached hydrogens (tertiary/aromatic N) is 4. The van der Waals surface area contributed by atoms with Gasteiger partial charge in [-0.25, -0.2) is 9.78 Å². The summed E-state index contributed by atoms with van der Waals surface area (Å²) in [5.74, 6) is 0.787.